The van der Waals surface area contributed by atoms with Gasteiger partial charge in [-0.3, -0.25) is 4.79 Å². The van der Waals surface area contributed by atoms with Gasteiger partial charge in [0.05, 0.1) is 12.8 Å². The maximum Gasteiger partial charge on any atom is 0.329 e. The monoisotopic (exact) mass is 455 g/mol. The molecule has 9 heteroatoms. The number of esters is 1. The van der Waals surface area contributed by atoms with Crippen LogP contribution in [-0.2, 0) is 16.0 Å². The van der Waals surface area contributed by atoms with Crippen LogP contribution in [0.25, 0.3) is 10.9 Å². The maximum atomic E-state index is 13.0. The Morgan fingerprint density at radius 1 is 1.28 bits per heavy atom. The van der Waals surface area contributed by atoms with Crippen LogP contribution in [0.5, 0.6) is 0 Å². The predicted octanol–water partition coefficient (Wildman–Crippen LogP) is 2.72. The first-order valence-electron chi connectivity index (χ1n) is 11.1. The molecule has 1 atom stereocenters. The molecule has 1 aliphatic rings. The number of thiazole rings is 1. The number of aromatic nitrogens is 2. The number of nitrogens with zero attached hydrogens (tertiary/aromatic N) is 2. The highest BCUT2D eigenvalue weighted by atomic mass is 32.1. The van der Waals surface area contributed by atoms with E-state index in [1.54, 1.807) is 6.20 Å². The van der Waals surface area contributed by atoms with E-state index < -0.39 is 12.0 Å². The van der Waals surface area contributed by atoms with Gasteiger partial charge in [-0.05, 0) is 23.9 Å². The number of H-pyrrole nitrogens is 1. The molecule has 2 aromatic heterocycles. The molecular formula is C23H29N5O3S. The van der Waals surface area contributed by atoms with Gasteiger partial charge in [-0.25, -0.2) is 9.78 Å². The van der Waals surface area contributed by atoms with E-state index in [1.807, 2.05) is 37.3 Å². The summed E-state index contributed by atoms with van der Waals surface area (Å²) in [6.45, 7) is 5.91. The molecule has 1 aliphatic heterocycles. The number of anilines is 1. The van der Waals surface area contributed by atoms with E-state index >= 15 is 0 Å². The summed E-state index contributed by atoms with van der Waals surface area (Å²) in [7, 11) is 0. The highest BCUT2D eigenvalue weighted by molar-refractivity contribution is 7.17. The van der Waals surface area contributed by atoms with Gasteiger partial charge in [-0.1, -0.05) is 42.9 Å². The summed E-state index contributed by atoms with van der Waals surface area (Å²) < 4.78 is 5.43. The number of unbranched alkanes of at least 4 members (excludes halogenated alkanes) is 1. The molecule has 1 unspecified atom stereocenters. The Labute approximate surface area is 191 Å². The van der Waals surface area contributed by atoms with Crippen LogP contribution in [0.2, 0.25) is 0 Å². The average molecular weight is 456 g/mol. The number of hydrogen-bond acceptors (Lipinski definition) is 7. The molecule has 8 nitrogen and oxygen atoms in total. The molecule has 0 saturated carbocycles. The third-order valence-electron chi connectivity index (χ3n) is 5.45. The van der Waals surface area contributed by atoms with Crippen molar-refractivity contribution in [1.29, 1.82) is 0 Å². The summed E-state index contributed by atoms with van der Waals surface area (Å²) in [5.74, 6) is -0.727. The number of hydrogen-bond donors (Lipinski definition) is 3. The van der Waals surface area contributed by atoms with Crippen molar-refractivity contribution in [3.05, 3.63) is 47.1 Å². The molecule has 3 heterocycles. The zero-order valence-electron chi connectivity index (χ0n) is 18.2. The van der Waals surface area contributed by atoms with E-state index in [-0.39, 0.29) is 5.91 Å². The minimum absolute atomic E-state index is 0.308. The van der Waals surface area contributed by atoms with E-state index in [9.17, 15) is 9.59 Å². The molecule has 1 aromatic carbocycles. The van der Waals surface area contributed by atoms with Gasteiger partial charge in [0.2, 0.25) is 0 Å². The highest BCUT2D eigenvalue weighted by Crippen LogP contribution is 2.23. The summed E-state index contributed by atoms with van der Waals surface area (Å²) in [5.41, 5.74) is 1.87. The molecule has 32 heavy (non-hydrogen) atoms. The second kappa shape index (κ2) is 10.6. The summed E-state index contributed by atoms with van der Waals surface area (Å²) in [4.78, 5) is 36.1. The predicted molar refractivity (Wildman–Crippen MR) is 126 cm³/mol. The second-order valence-corrected chi connectivity index (χ2v) is 8.89. The van der Waals surface area contributed by atoms with E-state index in [2.05, 4.69) is 25.5 Å². The number of fused-ring (bicyclic) bond motifs is 1. The molecular weight excluding hydrogens is 426 g/mol. The molecule has 1 amide bonds. The van der Waals surface area contributed by atoms with Crippen molar-refractivity contribution in [2.45, 2.75) is 32.2 Å². The highest BCUT2D eigenvalue weighted by Gasteiger charge is 2.26. The summed E-state index contributed by atoms with van der Waals surface area (Å²) in [6, 6.07) is 9.15. The molecule has 1 fully saturated rings. The minimum atomic E-state index is -0.780. The molecule has 0 spiro atoms. The van der Waals surface area contributed by atoms with Crippen LogP contribution in [0.1, 0.15) is 35.1 Å². The van der Waals surface area contributed by atoms with Crippen LogP contribution >= 0.6 is 11.3 Å². The number of carbonyl (C=O) groups excluding carboxylic acids is 2. The molecule has 0 radical (unpaired) electrons. The van der Waals surface area contributed by atoms with Crippen molar-refractivity contribution in [3.8, 4) is 0 Å². The lowest BCUT2D eigenvalue weighted by Gasteiger charge is -2.26. The second-order valence-electron chi connectivity index (χ2n) is 7.88. The summed E-state index contributed by atoms with van der Waals surface area (Å²) >= 11 is 1.35. The van der Waals surface area contributed by atoms with E-state index in [1.165, 1.54) is 11.3 Å². The Morgan fingerprint density at radius 2 is 2.09 bits per heavy atom. The summed E-state index contributed by atoms with van der Waals surface area (Å²) in [6.07, 6.45) is 3.64. The van der Waals surface area contributed by atoms with Crippen LogP contribution in [0, 0.1) is 0 Å². The molecule has 1 saturated heterocycles. The largest absolute Gasteiger partial charge is 0.464 e. The van der Waals surface area contributed by atoms with Gasteiger partial charge in [-0.15, -0.1) is 0 Å². The molecule has 0 aliphatic carbocycles. The zero-order valence-corrected chi connectivity index (χ0v) is 19.0. The van der Waals surface area contributed by atoms with Crippen molar-refractivity contribution < 1.29 is 14.3 Å². The normalized spacial score (nSPS) is 15.0. The Morgan fingerprint density at radius 3 is 2.88 bits per heavy atom. The van der Waals surface area contributed by atoms with E-state index in [0.717, 1.165) is 60.7 Å². The SMILES string of the molecule is CCCCOC(=O)C(Cc1cc2ccccc2[nH]1)NC(=O)c1cnc(N2CCNCC2)s1. The van der Waals surface area contributed by atoms with Crippen molar-refractivity contribution in [2.75, 3.05) is 37.7 Å². The smallest absolute Gasteiger partial charge is 0.329 e. The number of aromatic amines is 1. The first kappa shape index (κ1) is 22.3. The molecule has 170 valence electrons. The lowest BCUT2D eigenvalue weighted by atomic mass is 10.1. The molecule has 3 aromatic rings. The van der Waals surface area contributed by atoms with Crippen LogP contribution in [0.3, 0.4) is 0 Å². The fourth-order valence-corrected chi connectivity index (χ4v) is 4.55. The Kier molecular flexibility index (Phi) is 7.39. The number of carbonyl (C=O) groups is 2. The van der Waals surface area contributed by atoms with Crippen molar-refractivity contribution in [1.82, 2.24) is 20.6 Å². The topological polar surface area (TPSA) is 99.3 Å². The van der Waals surface area contributed by atoms with Crippen molar-refractivity contribution in [3.63, 3.8) is 0 Å². The minimum Gasteiger partial charge on any atom is -0.464 e. The van der Waals surface area contributed by atoms with Gasteiger partial charge < -0.3 is 25.3 Å². The van der Waals surface area contributed by atoms with Crippen LogP contribution < -0.4 is 15.5 Å². The van der Waals surface area contributed by atoms with Crippen molar-refractivity contribution >= 4 is 39.2 Å². The average Bonchev–Trinajstić information content (AvgIpc) is 3.46. The standard InChI is InChI=1S/C23H29N5O3S/c1-2-3-12-31-22(30)19(14-17-13-16-6-4-5-7-18(16)26-17)27-21(29)20-15-25-23(32-20)28-10-8-24-9-11-28/h4-7,13,15,19,24,26H,2-3,8-12,14H2,1H3,(H,27,29). The van der Waals surface area contributed by atoms with E-state index in [4.69, 9.17) is 4.74 Å². The van der Waals surface area contributed by atoms with Crippen molar-refractivity contribution in [2.24, 2.45) is 0 Å². The lowest BCUT2D eigenvalue weighted by Crippen LogP contribution is -2.43. The Bertz CT molecular complexity index is 1020. The van der Waals surface area contributed by atoms with Crippen LogP contribution in [0.4, 0.5) is 5.13 Å². The number of nitrogens with one attached hydrogen (secondary N) is 3. The Hall–Kier alpha value is -2.91. The molecule has 0 bridgehead atoms. The Balaban J connectivity index is 1.47. The first-order valence-corrected chi connectivity index (χ1v) is 11.9. The van der Waals surface area contributed by atoms with Gasteiger partial charge in [0, 0.05) is 43.8 Å². The number of para-hydroxylation sites is 1. The maximum absolute atomic E-state index is 13.0. The van der Waals surface area contributed by atoms with Gasteiger partial charge in [0.15, 0.2) is 5.13 Å². The zero-order chi connectivity index (χ0) is 22.3. The molecule has 3 N–H and O–H groups in total. The van der Waals surface area contributed by atoms with Gasteiger partial charge in [0.1, 0.15) is 10.9 Å². The van der Waals surface area contributed by atoms with Crippen LogP contribution in [0.15, 0.2) is 36.5 Å². The lowest BCUT2D eigenvalue weighted by molar-refractivity contribution is -0.146. The van der Waals surface area contributed by atoms with Gasteiger partial charge in [-0.2, -0.15) is 0 Å². The fourth-order valence-electron chi connectivity index (χ4n) is 3.68. The number of ether oxygens (including phenoxy) is 1. The molecule has 4 rings (SSSR count). The fraction of sp³-hybridized carbons (Fsp3) is 0.435. The number of piperazine rings is 1. The summed E-state index contributed by atoms with van der Waals surface area (Å²) in [5, 5.41) is 8.08. The van der Waals surface area contributed by atoms with Gasteiger partial charge in [0.25, 0.3) is 5.91 Å². The number of amides is 1. The number of rotatable bonds is 9. The third kappa shape index (κ3) is 5.46. The first-order chi connectivity index (χ1) is 15.6. The number of benzene rings is 1. The quantitative estimate of drug-likeness (QED) is 0.339. The third-order valence-corrected chi connectivity index (χ3v) is 6.50. The van der Waals surface area contributed by atoms with Crippen LogP contribution in [-0.4, -0.2) is 60.7 Å². The van der Waals surface area contributed by atoms with E-state index in [0.29, 0.717) is 17.9 Å². The van der Waals surface area contributed by atoms with Gasteiger partial charge >= 0.3 is 5.97 Å².